The molecule has 21 heavy (non-hydrogen) atoms. The summed E-state index contributed by atoms with van der Waals surface area (Å²) in [5.74, 6) is -0.0836. The fraction of sp³-hybridized carbons (Fsp3) is 0.714. The van der Waals surface area contributed by atoms with Crippen molar-refractivity contribution in [3.05, 3.63) is 11.1 Å². The van der Waals surface area contributed by atoms with E-state index in [-0.39, 0.29) is 5.91 Å². The molecule has 7 heteroatoms. The van der Waals surface area contributed by atoms with Crippen LogP contribution in [0, 0.1) is 0 Å². The third kappa shape index (κ3) is 3.18. The third-order valence-corrected chi connectivity index (χ3v) is 5.41. The Labute approximate surface area is 128 Å². The van der Waals surface area contributed by atoms with Crippen molar-refractivity contribution in [2.45, 2.75) is 31.5 Å². The number of anilines is 1. The van der Waals surface area contributed by atoms with Gasteiger partial charge in [0.2, 0.25) is 0 Å². The molecule has 2 aliphatic heterocycles. The molecule has 0 aliphatic carbocycles. The Morgan fingerprint density at radius 1 is 1.38 bits per heavy atom. The van der Waals surface area contributed by atoms with Crippen LogP contribution in [-0.4, -0.2) is 61.2 Å². The van der Waals surface area contributed by atoms with Crippen LogP contribution in [0.2, 0.25) is 0 Å². The lowest BCUT2D eigenvalue weighted by Gasteiger charge is -2.36. The zero-order valence-electron chi connectivity index (χ0n) is 12.2. The topological polar surface area (TPSA) is 48.5 Å². The standard InChI is InChI=1S/C14H21FN4OS/c1-16-13(20)12-8-17-14(21-12)18-6-3-11(4-7-18)19-5-2-10(15)9-19/h8,10-11H,2-7,9H2,1H3,(H,16,20). The number of thiazole rings is 1. The van der Waals surface area contributed by atoms with Crippen LogP contribution in [0.25, 0.3) is 0 Å². The maximum absolute atomic E-state index is 13.3. The first-order chi connectivity index (χ1) is 10.2. The molecule has 1 aromatic heterocycles. The third-order valence-electron chi connectivity index (χ3n) is 4.36. The van der Waals surface area contributed by atoms with Gasteiger partial charge in [0.05, 0.1) is 6.20 Å². The normalized spacial score (nSPS) is 24.5. The fourth-order valence-corrected chi connectivity index (χ4v) is 4.05. The largest absolute Gasteiger partial charge is 0.354 e. The van der Waals surface area contributed by atoms with Crippen molar-refractivity contribution in [2.24, 2.45) is 0 Å². The molecule has 1 atom stereocenters. The first-order valence-corrected chi connectivity index (χ1v) is 8.30. The van der Waals surface area contributed by atoms with Gasteiger partial charge in [-0.2, -0.15) is 0 Å². The molecule has 0 saturated carbocycles. The molecule has 3 heterocycles. The number of hydrogen-bond donors (Lipinski definition) is 1. The van der Waals surface area contributed by atoms with Crippen molar-refractivity contribution in [1.29, 1.82) is 0 Å². The maximum Gasteiger partial charge on any atom is 0.262 e. The van der Waals surface area contributed by atoms with Gasteiger partial charge in [0.15, 0.2) is 5.13 Å². The number of rotatable bonds is 3. The van der Waals surface area contributed by atoms with E-state index in [9.17, 15) is 9.18 Å². The van der Waals surface area contributed by atoms with Crippen molar-refractivity contribution >= 4 is 22.4 Å². The highest BCUT2D eigenvalue weighted by Crippen LogP contribution is 2.28. The lowest BCUT2D eigenvalue weighted by Crippen LogP contribution is -2.44. The number of hydrogen-bond acceptors (Lipinski definition) is 5. The van der Waals surface area contributed by atoms with E-state index in [4.69, 9.17) is 0 Å². The Bertz CT molecular complexity index is 501. The highest BCUT2D eigenvalue weighted by atomic mass is 32.1. The molecular weight excluding hydrogens is 291 g/mol. The van der Waals surface area contributed by atoms with Gasteiger partial charge in [0, 0.05) is 39.3 Å². The molecule has 0 radical (unpaired) electrons. The minimum absolute atomic E-state index is 0.0836. The van der Waals surface area contributed by atoms with Gasteiger partial charge in [-0.15, -0.1) is 0 Å². The van der Waals surface area contributed by atoms with E-state index in [1.54, 1.807) is 13.2 Å². The van der Waals surface area contributed by atoms with Crippen LogP contribution in [0.3, 0.4) is 0 Å². The molecule has 1 amide bonds. The van der Waals surface area contributed by atoms with Crippen LogP contribution in [0.15, 0.2) is 6.20 Å². The molecule has 2 saturated heterocycles. The second-order valence-electron chi connectivity index (χ2n) is 5.69. The summed E-state index contributed by atoms with van der Waals surface area (Å²) in [6.07, 6.45) is 3.77. The van der Waals surface area contributed by atoms with Crippen molar-refractivity contribution in [3.8, 4) is 0 Å². The summed E-state index contributed by atoms with van der Waals surface area (Å²) in [5.41, 5.74) is 0. The van der Waals surface area contributed by atoms with E-state index in [2.05, 4.69) is 20.1 Å². The van der Waals surface area contributed by atoms with Crippen LogP contribution in [-0.2, 0) is 0 Å². The molecule has 1 N–H and O–H groups in total. The van der Waals surface area contributed by atoms with Crippen molar-refractivity contribution < 1.29 is 9.18 Å². The van der Waals surface area contributed by atoms with E-state index in [1.807, 2.05) is 0 Å². The number of amides is 1. The first-order valence-electron chi connectivity index (χ1n) is 7.48. The van der Waals surface area contributed by atoms with Gasteiger partial charge in [-0.1, -0.05) is 11.3 Å². The van der Waals surface area contributed by atoms with Gasteiger partial charge in [-0.25, -0.2) is 9.37 Å². The molecule has 1 unspecified atom stereocenters. The molecule has 0 spiro atoms. The van der Waals surface area contributed by atoms with Gasteiger partial charge >= 0.3 is 0 Å². The second kappa shape index (κ2) is 6.27. The highest BCUT2D eigenvalue weighted by molar-refractivity contribution is 7.17. The lowest BCUT2D eigenvalue weighted by atomic mass is 10.0. The van der Waals surface area contributed by atoms with Gasteiger partial charge in [-0.3, -0.25) is 9.69 Å². The minimum Gasteiger partial charge on any atom is -0.354 e. The van der Waals surface area contributed by atoms with Crippen LogP contribution in [0.1, 0.15) is 28.9 Å². The molecule has 3 rings (SSSR count). The predicted molar refractivity (Wildman–Crippen MR) is 81.8 cm³/mol. The number of nitrogens with zero attached hydrogens (tertiary/aromatic N) is 3. The van der Waals surface area contributed by atoms with Crippen LogP contribution >= 0.6 is 11.3 Å². The van der Waals surface area contributed by atoms with Crippen molar-refractivity contribution in [1.82, 2.24) is 15.2 Å². The van der Waals surface area contributed by atoms with Crippen molar-refractivity contribution in [2.75, 3.05) is 38.1 Å². The van der Waals surface area contributed by atoms with E-state index in [0.717, 1.165) is 37.6 Å². The highest BCUT2D eigenvalue weighted by Gasteiger charge is 2.31. The number of halogens is 1. The number of nitrogens with one attached hydrogen (secondary N) is 1. The smallest absolute Gasteiger partial charge is 0.262 e. The van der Waals surface area contributed by atoms with Gasteiger partial charge in [0.25, 0.3) is 5.91 Å². The van der Waals surface area contributed by atoms with E-state index in [0.29, 0.717) is 23.9 Å². The zero-order valence-corrected chi connectivity index (χ0v) is 13.0. The molecule has 1 aromatic rings. The summed E-state index contributed by atoms with van der Waals surface area (Å²) in [5, 5.41) is 3.53. The summed E-state index contributed by atoms with van der Waals surface area (Å²) < 4.78 is 13.3. The fourth-order valence-electron chi connectivity index (χ4n) is 3.14. The van der Waals surface area contributed by atoms with Crippen LogP contribution in [0.5, 0.6) is 0 Å². The Kier molecular flexibility index (Phi) is 4.40. The maximum atomic E-state index is 13.3. The molecule has 116 valence electrons. The van der Waals surface area contributed by atoms with E-state index < -0.39 is 6.17 Å². The summed E-state index contributed by atoms with van der Waals surface area (Å²) in [6, 6.07) is 0.500. The van der Waals surface area contributed by atoms with Crippen LogP contribution in [0.4, 0.5) is 9.52 Å². The summed E-state index contributed by atoms with van der Waals surface area (Å²) >= 11 is 1.44. The molecular formula is C14H21FN4OS. The molecule has 0 aromatic carbocycles. The molecule has 0 bridgehead atoms. The first kappa shape index (κ1) is 14.7. The van der Waals surface area contributed by atoms with Gasteiger partial charge in [0.1, 0.15) is 11.0 Å². The number of alkyl halides is 1. The van der Waals surface area contributed by atoms with Crippen molar-refractivity contribution in [3.63, 3.8) is 0 Å². The number of likely N-dealkylation sites (tertiary alicyclic amines) is 1. The minimum atomic E-state index is -0.642. The summed E-state index contributed by atoms with van der Waals surface area (Å²) in [6.45, 7) is 3.35. The molecule has 2 fully saturated rings. The molecule has 2 aliphatic rings. The number of piperidine rings is 1. The molecule has 5 nitrogen and oxygen atoms in total. The SMILES string of the molecule is CNC(=O)c1cnc(N2CCC(N3CCC(F)C3)CC2)s1. The monoisotopic (exact) mass is 312 g/mol. The Balaban J connectivity index is 1.56. The zero-order chi connectivity index (χ0) is 14.8. The summed E-state index contributed by atoms with van der Waals surface area (Å²) in [4.78, 5) is 21.1. The predicted octanol–water partition coefficient (Wildman–Crippen LogP) is 1.52. The number of carbonyl (C=O) groups excluding carboxylic acids is 1. The average molecular weight is 312 g/mol. The number of aromatic nitrogens is 1. The van der Waals surface area contributed by atoms with E-state index in [1.165, 1.54) is 11.3 Å². The lowest BCUT2D eigenvalue weighted by molar-refractivity contribution is 0.0967. The number of carbonyl (C=O) groups is 1. The van der Waals surface area contributed by atoms with Crippen LogP contribution < -0.4 is 10.2 Å². The van der Waals surface area contributed by atoms with Gasteiger partial charge < -0.3 is 10.2 Å². The van der Waals surface area contributed by atoms with Gasteiger partial charge in [-0.05, 0) is 19.3 Å². The van der Waals surface area contributed by atoms with E-state index >= 15 is 0 Å². The Morgan fingerprint density at radius 3 is 2.76 bits per heavy atom. The second-order valence-corrected chi connectivity index (χ2v) is 6.69. The Hall–Kier alpha value is -1.21. The quantitative estimate of drug-likeness (QED) is 0.919. The summed E-state index contributed by atoms with van der Waals surface area (Å²) in [7, 11) is 1.63. The Morgan fingerprint density at radius 2 is 2.14 bits per heavy atom. The average Bonchev–Trinajstić information content (AvgIpc) is 3.16.